The quantitative estimate of drug-likeness (QED) is 0.287. The average molecular weight is 575 g/mol. The zero-order valence-electron chi connectivity index (χ0n) is 23.1. The third-order valence-electron chi connectivity index (χ3n) is 5.79. The summed E-state index contributed by atoms with van der Waals surface area (Å²) in [5.41, 5.74) is 0.978. The average Bonchev–Trinajstić information content (AvgIpc) is 2.88. The lowest BCUT2D eigenvalue weighted by Gasteiger charge is -2.43. The van der Waals surface area contributed by atoms with E-state index >= 15 is 0 Å². The third-order valence-corrected chi connectivity index (χ3v) is 7.18. The van der Waals surface area contributed by atoms with Gasteiger partial charge in [-0.2, -0.15) is 0 Å². The summed E-state index contributed by atoms with van der Waals surface area (Å²) in [6, 6.07) is 15.1. The number of carbonyl (C=O) groups is 4. The second-order valence-corrected chi connectivity index (χ2v) is 10.4. The molecule has 10 nitrogen and oxygen atoms in total. The summed E-state index contributed by atoms with van der Waals surface area (Å²) in [5.74, 6) is -1.20. The van der Waals surface area contributed by atoms with Gasteiger partial charge in [-0.15, -0.1) is 11.8 Å². The first-order valence-corrected chi connectivity index (χ1v) is 13.8. The topological polar surface area (TPSA) is 124 Å². The van der Waals surface area contributed by atoms with Gasteiger partial charge in [0.2, 0.25) is 0 Å². The first kappa shape index (κ1) is 30.8. The molecule has 1 saturated heterocycles. The molecule has 0 aliphatic carbocycles. The van der Waals surface area contributed by atoms with E-state index < -0.39 is 52.9 Å². The molecule has 0 amide bonds. The minimum atomic E-state index is -1.21. The molecule has 1 heterocycles. The number of para-hydroxylation sites is 1. The van der Waals surface area contributed by atoms with E-state index in [0.29, 0.717) is 18.8 Å². The van der Waals surface area contributed by atoms with Crippen molar-refractivity contribution in [3.05, 3.63) is 59.7 Å². The van der Waals surface area contributed by atoms with Crippen LogP contribution in [0.4, 0.5) is 0 Å². The van der Waals surface area contributed by atoms with Gasteiger partial charge in [0.1, 0.15) is 18.1 Å². The van der Waals surface area contributed by atoms with Gasteiger partial charge in [-0.05, 0) is 36.2 Å². The van der Waals surface area contributed by atoms with Gasteiger partial charge in [0.25, 0.3) is 0 Å². The van der Waals surface area contributed by atoms with Gasteiger partial charge in [-0.3, -0.25) is 19.2 Å². The van der Waals surface area contributed by atoms with Gasteiger partial charge in [-0.1, -0.05) is 30.3 Å². The molecular formula is C29H34O10S. The van der Waals surface area contributed by atoms with Crippen LogP contribution < -0.4 is 9.47 Å². The van der Waals surface area contributed by atoms with Crippen LogP contribution in [0.3, 0.4) is 0 Å². The Morgan fingerprint density at radius 1 is 0.750 bits per heavy atom. The molecular weight excluding hydrogens is 540 g/mol. The van der Waals surface area contributed by atoms with Gasteiger partial charge in [0.15, 0.2) is 23.7 Å². The highest BCUT2D eigenvalue weighted by atomic mass is 32.2. The number of benzene rings is 2. The Labute approximate surface area is 237 Å². The molecule has 1 fully saturated rings. The maximum atomic E-state index is 12.1. The van der Waals surface area contributed by atoms with Crippen LogP contribution in [-0.2, 0) is 44.5 Å². The molecule has 0 saturated carbocycles. The van der Waals surface area contributed by atoms with Crippen LogP contribution in [0, 0.1) is 0 Å². The summed E-state index contributed by atoms with van der Waals surface area (Å²) in [6.45, 7) is 7.22. The van der Waals surface area contributed by atoms with E-state index in [0.717, 1.165) is 28.6 Å². The maximum Gasteiger partial charge on any atom is 0.303 e. The number of thioether (sulfide) groups is 1. The maximum absolute atomic E-state index is 12.1. The van der Waals surface area contributed by atoms with Crippen LogP contribution in [0.1, 0.15) is 45.7 Å². The van der Waals surface area contributed by atoms with Crippen molar-refractivity contribution in [1.29, 1.82) is 0 Å². The Morgan fingerprint density at radius 3 is 1.95 bits per heavy atom. The van der Waals surface area contributed by atoms with Crippen molar-refractivity contribution in [2.75, 3.05) is 13.2 Å². The lowest BCUT2D eigenvalue weighted by Crippen LogP contribution is -2.59. The van der Waals surface area contributed by atoms with Crippen molar-refractivity contribution >= 4 is 35.6 Å². The Balaban J connectivity index is 1.96. The van der Waals surface area contributed by atoms with Crippen molar-refractivity contribution in [3.8, 4) is 11.5 Å². The lowest BCUT2D eigenvalue weighted by atomic mass is 10.0. The van der Waals surface area contributed by atoms with Crippen molar-refractivity contribution < 1.29 is 47.6 Å². The molecule has 2 aromatic carbocycles. The highest BCUT2D eigenvalue weighted by molar-refractivity contribution is 8.00. The van der Waals surface area contributed by atoms with Crippen LogP contribution in [-0.4, -0.2) is 66.1 Å². The Bertz CT molecular complexity index is 1180. The third kappa shape index (κ3) is 8.90. The van der Waals surface area contributed by atoms with Gasteiger partial charge in [0.05, 0.1) is 11.9 Å². The van der Waals surface area contributed by atoms with Crippen molar-refractivity contribution in [1.82, 2.24) is 0 Å². The summed E-state index contributed by atoms with van der Waals surface area (Å²) in [5, 5.41) is -0.688. The van der Waals surface area contributed by atoms with Crippen LogP contribution in [0.15, 0.2) is 48.5 Å². The van der Waals surface area contributed by atoms with E-state index in [9.17, 15) is 19.2 Å². The van der Waals surface area contributed by atoms with Crippen molar-refractivity contribution in [2.24, 2.45) is 0 Å². The van der Waals surface area contributed by atoms with E-state index in [4.69, 9.17) is 28.4 Å². The second kappa shape index (κ2) is 14.6. The van der Waals surface area contributed by atoms with Crippen LogP contribution in [0.25, 0.3) is 0 Å². The Hall–Kier alpha value is -3.73. The van der Waals surface area contributed by atoms with Crippen molar-refractivity contribution in [2.45, 2.75) is 70.0 Å². The molecule has 1 aliphatic heterocycles. The van der Waals surface area contributed by atoms with Crippen LogP contribution in [0.2, 0.25) is 0 Å². The number of carbonyl (C=O) groups excluding carboxylic acids is 4. The summed E-state index contributed by atoms with van der Waals surface area (Å²) in [6.07, 6.45) is -2.88. The lowest BCUT2D eigenvalue weighted by molar-refractivity contribution is -0.190. The molecule has 5 atom stereocenters. The molecule has 40 heavy (non-hydrogen) atoms. The number of hydrogen-bond acceptors (Lipinski definition) is 11. The summed E-state index contributed by atoms with van der Waals surface area (Å²) in [4.78, 5) is 47.8. The molecule has 0 N–H and O–H groups in total. The normalized spacial score (nSPS) is 22.0. The predicted octanol–water partition coefficient (Wildman–Crippen LogP) is 3.85. The molecule has 0 aromatic heterocycles. The van der Waals surface area contributed by atoms with Gasteiger partial charge >= 0.3 is 23.9 Å². The zero-order valence-corrected chi connectivity index (χ0v) is 23.9. The predicted molar refractivity (Wildman–Crippen MR) is 146 cm³/mol. The molecule has 0 spiro atoms. The number of rotatable bonds is 11. The molecule has 216 valence electrons. The van der Waals surface area contributed by atoms with Crippen LogP contribution in [0.5, 0.6) is 11.5 Å². The molecule has 11 heteroatoms. The van der Waals surface area contributed by atoms with Gasteiger partial charge < -0.3 is 28.4 Å². The Kier molecular flexibility index (Phi) is 11.2. The first-order valence-electron chi connectivity index (χ1n) is 12.8. The molecule has 3 rings (SSSR count). The molecule has 0 bridgehead atoms. The summed E-state index contributed by atoms with van der Waals surface area (Å²) < 4.78 is 33.8. The summed E-state index contributed by atoms with van der Waals surface area (Å²) in [7, 11) is 0. The van der Waals surface area contributed by atoms with E-state index in [2.05, 4.69) is 0 Å². The van der Waals surface area contributed by atoms with Crippen molar-refractivity contribution in [3.63, 3.8) is 0 Å². The molecule has 1 aliphatic rings. The van der Waals surface area contributed by atoms with Gasteiger partial charge in [0, 0.05) is 34.1 Å². The fourth-order valence-electron chi connectivity index (χ4n) is 4.26. The molecule has 2 aromatic rings. The molecule has 0 unspecified atom stereocenters. The first-order chi connectivity index (χ1) is 19.1. The van der Waals surface area contributed by atoms with Crippen LogP contribution >= 0.6 is 11.8 Å². The summed E-state index contributed by atoms with van der Waals surface area (Å²) >= 11 is 1.16. The zero-order chi connectivity index (χ0) is 29.2. The fourth-order valence-corrected chi connectivity index (χ4v) is 5.64. The van der Waals surface area contributed by atoms with E-state index in [-0.39, 0.29) is 6.61 Å². The number of hydrogen-bond donors (Lipinski definition) is 0. The van der Waals surface area contributed by atoms with Gasteiger partial charge in [-0.25, -0.2) is 0 Å². The standard InChI is InChI=1S/C29H34O10S/c1-6-34-23-13-11-21(12-14-23)15-22-9-7-8-10-24(22)39-29-28(38-20(5)33)27(37-19(4)32)26(36-18(3)31)25(40-29)16-35-17(2)30/h7-14,25-29H,6,15-16H2,1-5H3/t25-,26+,27-,28+,29-/m0/s1. The van der Waals surface area contributed by atoms with E-state index in [1.54, 1.807) is 6.07 Å². The fraction of sp³-hybridized carbons (Fsp3) is 0.448. The van der Waals surface area contributed by atoms with E-state index in [1.165, 1.54) is 27.7 Å². The van der Waals surface area contributed by atoms with E-state index in [1.807, 2.05) is 49.4 Å². The number of ether oxygens (including phenoxy) is 6. The largest absolute Gasteiger partial charge is 0.494 e. The second-order valence-electron chi connectivity index (χ2n) is 9.05. The molecule has 0 radical (unpaired) electrons. The SMILES string of the molecule is CCOc1ccc(Cc2ccccc2O[C@H]2S[C@@H](COC(C)=O)[C@@H](OC(C)=O)[C@H](OC(C)=O)[C@H]2OC(C)=O)cc1. The minimum Gasteiger partial charge on any atom is -0.494 e. The smallest absolute Gasteiger partial charge is 0.303 e. The number of esters is 4. The minimum absolute atomic E-state index is 0.157. The highest BCUT2D eigenvalue weighted by Gasteiger charge is 2.53. The highest BCUT2D eigenvalue weighted by Crippen LogP contribution is 2.40. The monoisotopic (exact) mass is 574 g/mol. The Morgan fingerprint density at radius 2 is 1.35 bits per heavy atom.